The van der Waals surface area contributed by atoms with Crippen molar-refractivity contribution >= 4 is 23.2 Å². The number of thiophene rings is 1. The highest BCUT2D eigenvalue weighted by molar-refractivity contribution is 7.10. The average molecular weight is 196 g/mol. The van der Waals surface area contributed by atoms with Crippen LogP contribution in [0.25, 0.3) is 0 Å². The van der Waals surface area contributed by atoms with Gasteiger partial charge >= 0.3 is 0 Å². The highest BCUT2D eigenvalue weighted by atomic mass is 32.1. The van der Waals surface area contributed by atoms with Gasteiger partial charge in [-0.3, -0.25) is 9.59 Å². The molecule has 0 spiro atoms. The summed E-state index contributed by atoms with van der Waals surface area (Å²) >= 11 is 1.46. The topological polar surface area (TPSA) is 58.2 Å². The van der Waals surface area contributed by atoms with Crippen molar-refractivity contribution in [3.63, 3.8) is 0 Å². The number of amides is 2. The molecular formula is C8H8N2O2S. The Morgan fingerprint density at radius 3 is 3.00 bits per heavy atom. The molecule has 13 heavy (non-hydrogen) atoms. The Kier molecular flexibility index (Phi) is 2.02. The fourth-order valence-electron chi connectivity index (χ4n) is 1.20. The van der Waals surface area contributed by atoms with Gasteiger partial charge in [-0.25, -0.2) is 0 Å². The van der Waals surface area contributed by atoms with E-state index in [2.05, 4.69) is 10.6 Å². The molecule has 0 bridgehead atoms. The Morgan fingerprint density at radius 1 is 1.46 bits per heavy atom. The van der Waals surface area contributed by atoms with Crippen LogP contribution in [0.4, 0.5) is 0 Å². The third-order valence-electron chi connectivity index (χ3n) is 1.82. The molecule has 2 N–H and O–H groups in total. The van der Waals surface area contributed by atoms with Crippen LogP contribution in [0.15, 0.2) is 17.5 Å². The number of piperazine rings is 1. The Balaban J connectivity index is 2.22. The molecule has 1 aromatic rings. The lowest BCUT2D eigenvalue weighted by molar-refractivity contribution is -0.133. The summed E-state index contributed by atoms with van der Waals surface area (Å²) in [6.07, 6.45) is 0. The molecule has 1 aromatic heterocycles. The van der Waals surface area contributed by atoms with Gasteiger partial charge < -0.3 is 10.6 Å². The molecule has 1 saturated heterocycles. The number of carbonyl (C=O) groups is 2. The van der Waals surface area contributed by atoms with Crippen LogP contribution in [0.5, 0.6) is 0 Å². The van der Waals surface area contributed by atoms with Crippen molar-refractivity contribution in [2.75, 3.05) is 6.54 Å². The summed E-state index contributed by atoms with van der Waals surface area (Å²) in [4.78, 5) is 23.2. The second-order valence-corrected chi connectivity index (χ2v) is 3.71. The van der Waals surface area contributed by atoms with Crippen LogP contribution in [0.1, 0.15) is 10.9 Å². The predicted molar refractivity (Wildman–Crippen MR) is 48.2 cm³/mol. The third kappa shape index (κ3) is 1.55. The molecule has 1 atom stereocenters. The number of nitrogens with one attached hydrogen (secondary N) is 2. The molecule has 1 aliphatic heterocycles. The molecule has 2 rings (SSSR count). The molecule has 0 aromatic carbocycles. The molecular weight excluding hydrogens is 188 g/mol. The van der Waals surface area contributed by atoms with Gasteiger partial charge in [-0.1, -0.05) is 6.07 Å². The van der Waals surface area contributed by atoms with Crippen molar-refractivity contribution in [3.05, 3.63) is 22.4 Å². The minimum Gasteiger partial charge on any atom is -0.345 e. The molecule has 1 unspecified atom stereocenters. The molecule has 5 heteroatoms. The van der Waals surface area contributed by atoms with Crippen LogP contribution < -0.4 is 10.6 Å². The zero-order valence-corrected chi connectivity index (χ0v) is 7.56. The number of carbonyl (C=O) groups excluding carboxylic acids is 2. The van der Waals surface area contributed by atoms with Crippen molar-refractivity contribution in [2.24, 2.45) is 0 Å². The quantitative estimate of drug-likeness (QED) is 0.666. The van der Waals surface area contributed by atoms with E-state index in [0.717, 1.165) is 4.88 Å². The first-order valence-corrected chi connectivity index (χ1v) is 4.76. The first-order chi connectivity index (χ1) is 6.27. The Morgan fingerprint density at radius 2 is 2.31 bits per heavy atom. The van der Waals surface area contributed by atoms with Gasteiger partial charge in [0.15, 0.2) is 0 Å². The van der Waals surface area contributed by atoms with Crippen LogP contribution >= 0.6 is 11.3 Å². The van der Waals surface area contributed by atoms with E-state index in [1.165, 1.54) is 11.3 Å². The zero-order chi connectivity index (χ0) is 9.26. The van der Waals surface area contributed by atoms with Crippen molar-refractivity contribution in [3.8, 4) is 0 Å². The zero-order valence-electron chi connectivity index (χ0n) is 6.74. The van der Waals surface area contributed by atoms with Gasteiger partial charge in [0.25, 0.3) is 0 Å². The molecule has 2 amide bonds. The predicted octanol–water partition coefficient (Wildman–Crippen LogP) is 0.0352. The van der Waals surface area contributed by atoms with E-state index in [-0.39, 0.29) is 18.4 Å². The highest BCUT2D eigenvalue weighted by Crippen LogP contribution is 2.20. The second kappa shape index (κ2) is 3.18. The van der Waals surface area contributed by atoms with Crippen LogP contribution in [0.3, 0.4) is 0 Å². The van der Waals surface area contributed by atoms with Gasteiger partial charge in [-0.2, -0.15) is 0 Å². The normalized spacial score (nSPS) is 22.3. The van der Waals surface area contributed by atoms with Gasteiger partial charge in [0, 0.05) is 4.88 Å². The first-order valence-electron chi connectivity index (χ1n) is 3.88. The van der Waals surface area contributed by atoms with E-state index in [9.17, 15) is 9.59 Å². The summed E-state index contributed by atoms with van der Waals surface area (Å²) in [6, 6.07) is 3.19. The van der Waals surface area contributed by atoms with Crippen LogP contribution in [-0.4, -0.2) is 18.4 Å². The Labute approximate surface area is 78.9 Å². The van der Waals surface area contributed by atoms with Gasteiger partial charge in [0.1, 0.15) is 6.04 Å². The van der Waals surface area contributed by atoms with Crippen molar-refractivity contribution in [2.45, 2.75) is 6.04 Å². The summed E-state index contributed by atoms with van der Waals surface area (Å²) in [5.41, 5.74) is 0. The van der Waals surface area contributed by atoms with E-state index in [0.29, 0.717) is 0 Å². The average Bonchev–Trinajstić information content (AvgIpc) is 2.61. The summed E-state index contributed by atoms with van der Waals surface area (Å²) < 4.78 is 0. The Hall–Kier alpha value is -1.36. The lowest BCUT2D eigenvalue weighted by Crippen LogP contribution is -2.50. The summed E-state index contributed by atoms with van der Waals surface area (Å²) in [5, 5.41) is 7.03. The lowest BCUT2D eigenvalue weighted by atomic mass is 10.2. The lowest BCUT2D eigenvalue weighted by Gasteiger charge is -2.21. The van der Waals surface area contributed by atoms with Crippen LogP contribution in [0.2, 0.25) is 0 Å². The van der Waals surface area contributed by atoms with Crippen molar-refractivity contribution in [1.29, 1.82) is 0 Å². The molecule has 0 radical (unpaired) electrons. The SMILES string of the molecule is O=C1CNC(=O)C(c2cccs2)N1. The summed E-state index contributed by atoms with van der Waals surface area (Å²) in [7, 11) is 0. The van der Waals surface area contributed by atoms with E-state index in [1.807, 2.05) is 17.5 Å². The fourth-order valence-corrected chi connectivity index (χ4v) is 1.98. The Bertz CT molecular complexity index is 334. The van der Waals surface area contributed by atoms with Crippen molar-refractivity contribution < 1.29 is 9.59 Å². The monoisotopic (exact) mass is 196 g/mol. The second-order valence-electron chi connectivity index (χ2n) is 2.73. The number of hydrogen-bond donors (Lipinski definition) is 2. The first kappa shape index (κ1) is 8.25. The molecule has 68 valence electrons. The molecule has 2 heterocycles. The van der Waals surface area contributed by atoms with Gasteiger partial charge in [0.2, 0.25) is 11.8 Å². The van der Waals surface area contributed by atoms with E-state index in [1.54, 1.807) is 0 Å². The molecule has 1 fully saturated rings. The van der Waals surface area contributed by atoms with E-state index in [4.69, 9.17) is 0 Å². The van der Waals surface area contributed by atoms with Gasteiger partial charge in [-0.05, 0) is 11.4 Å². The van der Waals surface area contributed by atoms with E-state index < -0.39 is 6.04 Å². The molecule has 0 saturated carbocycles. The smallest absolute Gasteiger partial charge is 0.248 e. The maximum atomic E-state index is 11.3. The van der Waals surface area contributed by atoms with Gasteiger partial charge in [-0.15, -0.1) is 11.3 Å². The van der Waals surface area contributed by atoms with Crippen LogP contribution in [-0.2, 0) is 9.59 Å². The van der Waals surface area contributed by atoms with E-state index >= 15 is 0 Å². The van der Waals surface area contributed by atoms with Crippen molar-refractivity contribution in [1.82, 2.24) is 10.6 Å². The molecule has 0 aliphatic carbocycles. The van der Waals surface area contributed by atoms with Gasteiger partial charge in [0.05, 0.1) is 6.54 Å². The standard InChI is InChI=1S/C8H8N2O2S/c11-6-4-9-8(12)7(10-6)5-2-1-3-13-5/h1-3,7H,4H2,(H,9,12)(H,10,11). The molecule has 1 aliphatic rings. The molecule has 4 nitrogen and oxygen atoms in total. The largest absolute Gasteiger partial charge is 0.345 e. The highest BCUT2D eigenvalue weighted by Gasteiger charge is 2.27. The number of hydrogen-bond acceptors (Lipinski definition) is 3. The summed E-state index contributed by atoms with van der Waals surface area (Å²) in [5.74, 6) is -0.278. The maximum absolute atomic E-state index is 11.3. The minimum absolute atomic E-state index is 0.0840. The maximum Gasteiger partial charge on any atom is 0.248 e. The van der Waals surface area contributed by atoms with Crippen LogP contribution in [0, 0.1) is 0 Å². The minimum atomic E-state index is -0.499. The summed E-state index contributed by atoms with van der Waals surface area (Å²) in [6.45, 7) is 0.0840. The third-order valence-corrected chi connectivity index (χ3v) is 2.76. The fraction of sp³-hybridized carbons (Fsp3) is 0.250. The number of rotatable bonds is 1.